The molecule has 0 atom stereocenters. The summed E-state index contributed by atoms with van der Waals surface area (Å²) in [5.74, 6) is 1.12. The highest BCUT2D eigenvalue weighted by Gasteiger charge is 2.32. The molecule has 10 heteroatoms. The number of piperazine rings is 1. The molecule has 0 radical (unpaired) electrons. The Bertz CT molecular complexity index is 1020. The Balaban J connectivity index is 1.56. The second-order valence-electron chi connectivity index (χ2n) is 6.90. The van der Waals surface area contributed by atoms with Crippen LogP contribution in [0.3, 0.4) is 0 Å². The molecule has 1 N–H and O–H groups in total. The molecule has 1 aliphatic heterocycles. The molecule has 1 amide bonds. The average Bonchev–Trinajstić information content (AvgIpc) is 2.78. The Hall–Kier alpha value is -2.98. The monoisotopic (exact) mass is 450 g/mol. The van der Waals surface area contributed by atoms with Gasteiger partial charge in [0.05, 0.1) is 27.2 Å². The molecule has 1 saturated heterocycles. The Labute approximate surface area is 181 Å². The van der Waals surface area contributed by atoms with E-state index in [1.807, 2.05) is 0 Å². The SMILES string of the molecule is COc1ccc(OC)c(S(=O)(=O)N2CCN(C(=O)CCOc3cccc(O)c3)CC2)c1. The summed E-state index contributed by atoms with van der Waals surface area (Å²) in [6, 6.07) is 11.0. The van der Waals surface area contributed by atoms with Crippen LogP contribution >= 0.6 is 0 Å². The normalized spacial score (nSPS) is 14.8. The van der Waals surface area contributed by atoms with E-state index in [0.29, 0.717) is 11.5 Å². The maximum absolute atomic E-state index is 13.1. The van der Waals surface area contributed by atoms with Gasteiger partial charge in [0.15, 0.2) is 0 Å². The van der Waals surface area contributed by atoms with E-state index < -0.39 is 10.0 Å². The molecular weight excluding hydrogens is 424 g/mol. The predicted octanol–water partition coefficient (Wildman–Crippen LogP) is 1.71. The van der Waals surface area contributed by atoms with E-state index in [2.05, 4.69) is 0 Å². The molecule has 0 saturated carbocycles. The molecule has 0 aromatic heterocycles. The molecule has 0 spiro atoms. The summed E-state index contributed by atoms with van der Waals surface area (Å²) in [5, 5.41) is 9.44. The first-order valence-corrected chi connectivity index (χ1v) is 11.2. The van der Waals surface area contributed by atoms with E-state index in [1.165, 1.54) is 36.7 Å². The highest BCUT2D eigenvalue weighted by molar-refractivity contribution is 7.89. The standard InChI is InChI=1S/C21H26N2O7S/c1-28-17-6-7-19(29-2)20(15-17)31(26,27)23-11-9-22(10-12-23)21(25)8-13-30-18-5-3-4-16(24)14-18/h3-7,14-15,24H,8-13H2,1-2H3. The fourth-order valence-corrected chi connectivity index (χ4v) is 4.88. The molecule has 1 heterocycles. The molecule has 0 unspecified atom stereocenters. The maximum atomic E-state index is 13.1. The van der Waals surface area contributed by atoms with Crippen LogP contribution in [0.5, 0.6) is 23.0 Å². The summed E-state index contributed by atoms with van der Waals surface area (Å²) in [6.45, 7) is 1.11. The zero-order valence-electron chi connectivity index (χ0n) is 17.5. The van der Waals surface area contributed by atoms with Crippen LogP contribution < -0.4 is 14.2 Å². The number of amides is 1. The number of aromatic hydroxyl groups is 1. The molecule has 0 aliphatic carbocycles. The zero-order chi connectivity index (χ0) is 22.4. The van der Waals surface area contributed by atoms with Crippen LogP contribution in [0.25, 0.3) is 0 Å². The van der Waals surface area contributed by atoms with Crippen molar-refractivity contribution in [3.63, 3.8) is 0 Å². The lowest BCUT2D eigenvalue weighted by molar-refractivity contribution is -0.132. The van der Waals surface area contributed by atoms with Gasteiger partial charge in [-0.05, 0) is 24.3 Å². The van der Waals surface area contributed by atoms with E-state index in [-0.39, 0.29) is 61.5 Å². The summed E-state index contributed by atoms with van der Waals surface area (Å²) >= 11 is 0. The van der Waals surface area contributed by atoms with Crippen LogP contribution in [0.2, 0.25) is 0 Å². The van der Waals surface area contributed by atoms with Crippen LogP contribution in [-0.2, 0) is 14.8 Å². The quantitative estimate of drug-likeness (QED) is 0.653. The number of phenolic OH excluding ortho intramolecular Hbond substituents is 1. The molecule has 2 aromatic rings. The third kappa shape index (κ3) is 5.39. The van der Waals surface area contributed by atoms with Crippen LogP contribution in [0.1, 0.15) is 6.42 Å². The minimum atomic E-state index is -3.80. The van der Waals surface area contributed by atoms with E-state index in [4.69, 9.17) is 14.2 Å². The van der Waals surface area contributed by atoms with Crippen LogP contribution in [0.15, 0.2) is 47.4 Å². The molecule has 1 aliphatic rings. The fourth-order valence-electron chi connectivity index (χ4n) is 3.29. The van der Waals surface area contributed by atoms with Crippen molar-refractivity contribution in [1.29, 1.82) is 0 Å². The fraction of sp³-hybridized carbons (Fsp3) is 0.381. The molecule has 31 heavy (non-hydrogen) atoms. The third-order valence-electron chi connectivity index (χ3n) is 4.98. The van der Waals surface area contributed by atoms with Gasteiger partial charge in [0.1, 0.15) is 27.9 Å². The number of carbonyl (C=O) groups is 1. The number of nitrogens with zero attached hydrogens (tertiary/aromatic N) is 2. The number of sulfonamides is 1. The summed E-state index contributed by atoms with van der Waals surface area (Å²) in [7, 11) is -0.923. The Morgan fingerprint density at radius 3 is 2.39 bits per heavy atom. The molecule has 0 bridgehead atoms. The summed E-state index contributed by atoms with van der Waals surface area (Å²) in [6.07, 6.45) is 0.159. The first-order chi connectivity index (χ1) is 14.8. The molecule has 2 aromatic carbocycles. The first kappa shape index (κ1) is 22.7. The highest BCUT2D eigenvalue weighted by atomic mass is 32.2. The van der Waals surface area contributed by atoms with Gasteiger partial charge in [-0.1, -0.05) is 6.07 Å². The number of rotatable bonds is 8. The largest absolute Gasteiger partial charge is 0.508 e. The number of phenols is 1. The van der Waals surface area contributed by atoms with Crippen molar-refractivity contribution < 1.29 is 32.5 Å². The molecule has 9 nitrogen and oxygen atoms in total. The van der Waals surface area contributed by atoms with Gasteiger partial charge in [0.25, 0.3) is 0 Å². The number of benzene rings is 2. The van der Waals surface area contributed by atoms with Crippen LogP contribution in [0.4, 0.5) is 0 Å². The first-order valence-electron chi connectivity index (χ1n) is 9.77. The van der Waals surface area contributed by atoms with Gasteiger partial charge in [0, 0.05) is 38.3 Å². The van der Waals surface area contributed by atoms with Crippen molar-refractivity contribution >= 4 is 15.9 Å². The van der Waals surface area contributed by atoms with Crippen LogP contribution in [0, 0.1) is 0 Å². The van der Waals surface area contributed by atoms with Gasteiger partial charge in [-0.3, -0.25) is 4.79 Å². The number of ether oxygens (including phenoxy) is 3. The van der Waals surface area contributed by atoms with Gasteiger partial charge in [-0.25, -0.2) is 8.42 Å². The third-order valence-corrected chi connectivity index (χ3v) is 6.90. The topological polar surface area (TPSA) is 106 Å². The zero-order valence-corrected chi connectivity index (χ0v) is 18.3. The number of carbonyl (C=O) groups excluding carboxylic acids is 1. The second-order valence-corrected chi connectivity index (χ2v) is 8.80. The van der Waals surface area contributed by atoms with Crippen molar-refractivity contribution in [3.8, 4) is 23.0 Å². The van der Waals surface area contributed by atoms with Gasteiger partial charge in [-0.2, -0.15) is 4.31 Å². The lowest BCUT2D eigenvalue weighted by Crippen LogP contribution is -2.50. The van der Waals surface area contributed by atoms with Crippen molar-refractivity contribution in [2.45, 2.75) is 11.3 Å². The molecule has 168 valence electrons. The van der Waals surface area contributed by atoms with E-state index >= 15 is 0 Å². The summed E-state index contributed by atoms with van der Waals surface area (Å²) < 4.78 is 43.4. The lowest BCUT2D eigenvalue weighted by atomic mass is 10.3. The number of methoxy groups -OCH3 is 2. The summed E-state index contributed by atoms with van der Waals surface area (Å²) in [4.78, 5) is 14.1. The maximum Gasteiger partial charge on any atom is 0.247 e. The van der Waals surface area contributed by atoms with Crippen molar-refractivity contribution in [3.05, 3.63) is 42.5 Å². The molecular formula is C21H26N2O7S. The lowest BCUT2D eigenvalue weighted by Gasteiger charge is -2.34. The van der Waals surface area contributed by atoms with Gasteiger partial charge >= 0.3 is 0 Å². The minimum absolute atomic E-state index is 0.0358. The molecule has 1 fully saturated rings. The predicted molar refractivity (Wildman–Crippen MR) is 113 cm³/mol. The van der Waals surface area contributed by atoms with Crippen LogP contribution in [-0.4, -0.2) is 75.6 Å². The smallest absolute Gasteiger partial charge is 0.247 e. The molecule has 3 rings (SSSR count). The second kappa shape index (κ2) is 9.88. The van der Waals surface area contributed by atoms with Gasteiger partial charge in [-0.15, -0.1) is 0 Å². The number of hydrogen-bond donors (Lipinski definition) is 1. The Kier molecular flexibility index (Phi) is 7.24. The van der Waals surface area contributed by atoms with E-state index in [1.54, 1.807) is 29.2 Å². The minimum Gasteiger partial charge on any atom is -0.508 e. The van der Waals surface area contributed by atoms with Crippen molar-refractivity contribution in [2.24, 2.45) is 0 Å². The summed E-state index contributed by atoms with van der Waals surface area (Å²) in [5.41, 5.74) is 0. The van der Waals surface area contributed by atoms with Crippen molar-refractivity contribution in [1.82, 2.24) is 9.21 Å². The van der Waals surface area contributed by atoms with Gasteiger partial charge < -0.3 is 24.2 Å². The number of hydrogen-bond acceptors (Lipinski definition) is 7. The van der Waals surface area contributed by atoms with E-state index in [0.717, 1.165) is 0 Å². The van der Waals surface area contributed by atoms with Crippen molar-refractivity contribution in [2.75, 3.05) is 47.0 Å². The average molecular weight is 451 g/mol. The highest BCUT2D eigenvalue weighted by Crippen LogP contribution is 2.31. The Morgan fingerprint density at radius 1 is 1.00 bits per heavy atom. The Morgan fingerprint density at radius 2 is 1.74 bits per heavy atom. The van der Waals surface area contributed by atoms with E-state index in [9.17, 15) is 18.3 Å². The van der Waals surface area contributed by atoms with Gasteiger partial charge in [0.2, 0.25) is 15.9 Å².